The van der Waals surface area contributed by atoms with Crippen LogP contribution >= 0.6 is 0 Å². The van der Waals surface area contributed by atoms with E-state index in [1.54, 1.807) is 29.2 Å². The fourth-order valence-electron chi connectivity index (χ4n) is 3.69. The van der Waals surface area contributed by atoms with Gasteiger partial charge in [0.15, 0.2) is 5.82 Å². The Balaban J connectivity index is 1.41. The molecular weight excluding hydrogens is 409 g/mol. The lowest BCUT2D eigenvalue weighted by Crippen LogP contribution is -2.39. The number of amides is 1. The molecule has 31 heavy (non-hydrogen) atoms. The molecule has 4 rings (SSSR count). The van der Waals surface area contributed by atoms with Crippen LogP contribution in [-0.4, -0.2) is 56.6 Å². The van der Waals surface area contributed by atoms with Crippen LogP contribution in [0.1, 0.15) is 23.4 Å². The van der Waals surface area contributed by atoms with Gasteiger partial charge in [-0.15, -0.1) is 10.2 Å². The molecule has 0 spiro atoms. The molecule has 0 atom stereocenters. The predicted octanol–water partition coefficient (Wildman–Crippen LogP) is 3.63. The maximum Gasteiger partial charge on any atom is 0.390 e. The van der Waals surface area contributed by atoms with Gasteiger partial charge in [-0.05, 0) is 49.7 Å². The number of anilines is 1. The number of rotatable bonds is 5. The Morgan fingerprint density at radius 2 is 2.03 bits per heavy atom. The van der Waals surface area contributed by atoms with Crippen LogP contribution in [0.5, 0.6) is 0 Å². The van der Waals surface area contributed by atoms with Crippen molar-refractivity contribution in [2.24, 2.45) is 12.9 Å². The minimum absolute atomic E-state index is 0.0540. The van der Waals surface area contributed by atoms with Gasteiger partial charge in [-0.1, -0.05) is 6.07 Å². The van der Waals surface area contributed by atoms with Crippen LogP contribution in [-0.2, 0) is 11.8 Å². The Morgan fingerprint density at radius 1 is 1.23 bits per heavy atom. The molecule has 10 heteroatoms. The van der Waals surface area contributed by atoms with Crippen molar-refractivity contribution in [3.63, 3.8) is 0 Å². The molecule has 1 aliphatic rings. The van der Waals surface area contributed by atoms with E-state index in [9.17, 15) is 18.0 Å². The average Bonchev–Trinajstić information content (AvgIpc) is 3.28. The molecule has 0 aliphatic carbocycles. The summed E-state index contributed by atoms with van der Waals surface area (Å²) in [4.78, 5) is 14.4. The molecule has 3 aromatic rings. The van der Waals surface area contributed by atoms with E-state index in [0.717, 1.165) is 10.2 Å². The van der Waals surface area contributed by atoms with Crippen LogP contribution in [0.4, 0.5) is 19.0 Å². The first kappa shape index (κ1) is 17.6. The molecule has 7 nitrogen and oxygen atoms in total. The van der Waals surface area contributed by atoms with E-state index >= 15 is 0 Å². The summed E-state index contributed by atoms with van der Waals surface area (Å²) >= 11 is 0. The molecular formula is C21H23F3N6O. The molecule has 1 saturated heterocycles. The molecule has 0 saturated carbocycles. The number of hydrogen-bond acceptors (Lipinski definition) is 5. The number of alkyl halides is 3. The Bertz CT molecular complexity index is 1170. The molecule has 1 fully saturated rings. The van der Waals surface area contributed by atoms with Crippen LogP contribution in [0.15, 0.2) is 36.7 Å². The second-order valence-corrected chi connectivity index (χ2v) is 7.65. The molecule has 0 unspecified atom stereocenters. The highest BCUT2D eigenvalue weighted by Crippen LogP contribution is 2.26. The number of nitrogens with one attached hydrogen (secondary N) is 1. The molecule has 164 valence electrons. The number of fused-ring (bicyclic) bond motifs is 1. The molecule has 1 N–H and O–H groups in total. The van der Waals surface area contributed by atoms with Gasteiger partial charge in [0.2, 0.25) is 5.91 Å². The van der Waals surface area contributed by atoms with Crippen molar-refractivity contribution in [3.05, 3.63) is 36.7 Å². The molecule has 1 aliphatic heterocycles. The molecule has 0 radical (unpaired) electrons. The van der Waals surface area contributed by atoms with Crippen LogP contribution in [0.2, 0.25) is 0 Å². The van der Waals surface area contributed by atoms with Crippen LogP contribution in [0.3, 0.4) is 0 Å². The monoisotopic (exact) mass is 435 g/mol. The lowest BCUT2D eigenvalue weighted by molar-refractivity contribution is -0.139. The number of halogens is 3. The number of likely N-dealkylation sites (tertiary alicyclic amines) is 1. The number of aryl methyl sites for hydroxylation is 1. The van der Waals surface area contributed by atoms with E-state index in [2.05, 4.69) is 20.6 Å². The van der Waals surface area contributed by atoms with E-state index in [-0.39, 0.29) is 24.2 Å². The molecule has 1 amide bonds. The highest BCUT2D eigenvalue weighted by Gasteiger charge is 2.30. The summed E-state index contributed by atoms with van der Waals surface area (Å²) in [6, 6.07) is 7.01. The first-order valence-corrected chi connectivity index (χ1v) is 9.91. The van der Waals surface area contributed by atoms with E-state index < -0.39 is 19.6 Å². The molecule has 1 aromatic carbocycles. The topological polar surface area (TPSA) is 75.9 Å². The fraction of sp³-hybridized carbons (Fsp3) is 0.429. The lowest BCUT2D eigenvalue weighted by atomic mass is 9.96. The van der Waals surface area contributed by atoms with E-state index in [1.165, 1.54) is 12.4 Å². The van der Waals surface area contributed by atoms with Gasteiger partial charge >= 0.3 is 6.18 Å². The molecule has 2 aromatic heterocycles. The number of aromatic nitrogens is 4. The smallest absolute Gasteiger partial charge is 0.309 e. The third-order valence-electron chi connectivity index (χ3n) is 5.42. The lowest BCUT2D eigenvalue weighted by Gasteiger charge is -2.31. The van der Waals surface area contributed by atoms with Crippen molar-refractivity contribution >= 4 is 22.6 Å². The number of carbonyl (C=O) groups is 1. The minimum Gasteiger partial charge on any atom is -0.309 e. The van der Waals surface area contributed by atoms with Gasteiger partial charge in [0, 0.05) is 40.7 Å². The number of carbonyl (C=O) groups excluding carboxylic acids is 1. The highest BCUT2D eigenvalue weighted by molar-refractivity contribution is 5.94. The zero-order valence-corrected chi connectivity index (χ0v) is 16.6. The number of piperidine rings is 1. The maximum absolute atomic E-state index is 12.7. The Hall–Kier alpha value is -3.01. The Kier molecular flexibility index (Phi) is 4.91. The van der Waals surface area contributed by atoms with Crippen LogP contribution < -0.4 is 5.32 Å². The Morgan fingerprint density at radius 3 is 2.74 bits per heavy atom. The summed E-state index contributed by atoms with van der Waals surface area (Å²) in [6.07, 6.45) is -1.18. The standard InChI is InChI=1S/C21H23F3N6O/c1-29-13-17(12-25-29)15-2-3-18-16(10-15)11-19(28-27-18)26-20(31)14-4-7-30(8-5-14)9-6-21(22,23)24/h2-3,10-14H,4-9H2,1H3,(H,26,28,31)/i1D3. The van der Waals surface area contributed by atoms with Gasteiger partial charge in [0.25, 0.3) is 0 Å². The third-order valence-corrected chi connectivity index (χ3v) is 5.42. The largest absolute Gasteiger partial charge is 0.390 e. The van der Waals surface area contributed by atoms with Gasteiger partial charge in [0.1, 0.15) is 0 Å². The third kappa shape index (κ3) is 5.38. The van der Waals surface area contributed by atoms with Crippen molar-refractivity contribution < 1.29 is 22.1 Å². The van der Waals surface area contributed by atoms with Crippen LogP contribution in [0.25, 0.3) is 22.0 Å². The predicted molar refractivity (Wildman–Crippen MR) is 110 cm³/mol. The quantitative estimate of drug-likeness (QED) is 0.662. The van der Waals surface area contributed by atoms with Crippen molar-refractivity contribution in [2.75, 3.05) is 25.0 Å². The second-order valence-electron chi connectivity index (χ2n) is 7.65. The SMILES string of the molecule is [2H]C([2H])([2H])n1cc(-c2ccc3nnc(NC(=O)C4CCN(CCC(F)(F)F)CC4)cc3c2)cn1. The summed E-state index contributed by atoms with van der Waals surface area (Å²) in [7, 11) is 0. The van der Waals surface area contributed by atoms with Gasteiger partial charge in [-0.2, -0.15) is 18.3 Å². The van der Waals surface area contributed by atoms with Crippen molar-refractivity contribution in [1.82, 2.24) is 24.9 Å². The number of hydrogen-bond donors (Lipinski definition) is 1. The zero-order chi connectivity index (χ0) is 24.5. The minimum atomic E-state index is -4.18. The van der Waals surface area contributed by atoms with Crippen molar-refractivity contribution in [2.45, 2.75) is 25.4 Å². The van der Waals surface area contributed by atoms with E-state index in [4.69, 9.17) is 4.11 Å². The average molecular weight is 435 g/mol. The molecule has 3 heterocycles. The number of benzene rings is 1. The summed E-state index contributed by atoms with van der Waals surface area (Å²) in [5, 5.41) is 15.5. The van der Waals surface area contributed by atoms with Crippen molar-refractivity contribution in [3.8, 4) is 11.1 Å². The van der Waals surface area contributed by atoms with Gasteiger partial charge in [-0.25, -0.2) is 0 Å². The van der Waals surface area contributed by atoms with E-state index in [0.29, 0.717) is 42.4 Å². The summed E-state index contributed by atoms with van der Waals surface area (Å²) in [5.41, 5.74) is 1.96. The van der Waals surface area contributed by atoms with Gasteiger partial charge < -0.3 is 10.2 Å². The van der Waals surface area contributed by atoms with Gasteiger partial charge in [-0.3, -0.25) is 9.48 Å². The fourth-order valence-corrected chi connectivity index (χ4v) is 3.69. The second kappa shape index (κ2) is 8.62. The summed E-state index contributed by atoms with van der Waals surface area (Å²) in [6.45, 7) is -1.55. The highest BCUT2D eigenvalue weighted by atomic mass is 19.4. The Labute approximate surface area is 181 Å². The van der Waals surface area contributed by atoms with Crippen molar-refractivity contribution in [1.29, 1.82) is 0 Å². The first-order chi connectivity index (χ1) is 16.0. The first-order valence-electron chi connectivity index (χ1n) is 11.4. The molecule has 0 bridgehead atoms. The summed E-state index contributed by atoms with van der Waals surface area (Å²) < 4.78 is 60.5. The summed E-state index contributed by atoms with van der Waals surface area (Å²) in [5.74, 6) is -0.275. The maximum atomic E-state index is 12.7. The van der Waals surface area contributed by atoms with Gasteiger partial charge in [0.05, 0.1) is 18.1 Å². The van der Waals surface area contributed by atoms with E-state index in [1.807, 2.05) is 0 Å². The zero-order valence-electron chi connectivity index (χ0n) is 19.6. The normalized spacial score (nSPS) is 17.8. The number of nitrogens with zero attached hydrogens (tertiary/aromatic N) is 5. The van der Waals surface area contributed by atoms with Crippen LogP contribution in [0, 0.1) is 5.92 Å².